The standard InChI is InChI=1S/C15H20ClNO5/c16-13-2-1-10(9-17-13)11(7-14-19-3-4-20-14)12(18)8-15-21-5-6-22-15/h1-2,9,11-12,14-15,18H,3-8H2/t11-,12+/m1/s1/i11D,12D. The first kappa shape index (κ1) is 13.7. The van der Waals surface area contributed by atoms with E-state index in [1.165, 1.54) is 12.3 Å². The second kappa shape index (κ2) is 7.68. The van der Waals surface area contributed by atoms with Crippen LogP contribution in [-0.4, -0.2) is 55.2 Å². The van der Waals surface area contributed by atoms with Crippen LogP contribution in [0.1, 0.15) is 27.0 Å². The lowest BCUT2D eigenvalue weighted by Crippen LogP contribution is -2.28. The molecular formula is C15H20ClNO5. The Labute approximate surface area is 137 Å². The van der Waals surface area contributed by atoms with E-state index in [4.69, 9.17) is 33.3 Å². The first-order chi connectivity index (χ1) is 11.4. The molecule has 2 aliphatic rings. The van der Waals surface area contributed by atoms with E-state index in [0.717, 1.165) is 0 Å². The summed E-state index contributed by atoms with van der Waals surface area (Å²) in [5.74, 6) is -1.76. The van der Waals surface area contributed by atoms with Crippen LogP contribution in [0.25, 0.3) is 0 Å². The van der Waals surface area contributed by atoms with Crippen LogP contribution in [0, 0.1) is 0 Å². The molecular weight excluding hydrogens is 310 g/mol. The molecule has 1 N–H and O–H groups in total. The van der Waals surface area contributed by atoms with Crippen molar-refractivity contribution in [2.75, 3.05) is 26.4 Å². The molecule has 0 saturated carbocycles. The summed E-state index contributed by atoms with van der Waals surface area (Å²) in [6, 6.07) is 3.10. The van der Waals surface area contributed by atoms with Gasteiger partial charge in [-0.25, -0.2) is 4.98 Å². The van der Waals surface area contributed by atoms with E-state index < -0.39 is 24.6 Å². The van der Waals surface area contributed by atoms with Gasteiger partial charge >= 0.3 is 0 Å². The Morgan fingerprint density at radius 3 is 2.27 bits per heavy atom. The van der Waals surface area contributed by atoms with Crippen LogP contribution in [0.4, 0.5) is 0 Å². The molecule has 0 bridgehead atoms. The number of hydrogen-bond acceptors (Lipinski definition) is 6. The molecule has 6 nitrogen and oxygen atoms in total. The van der Waals surface area contributed by atoms with E-state index in [2.05, 4.69) is 4.98 Å². The largest absolute Gasteiger partial charge is 0.392 e. The number of aliphatic hydroxyl groups is 1. The van der Waals surface area contributed by atoms with Crippen molar-refractivity contribution in [3.63, 3.8) is 0 Å². The molecule has 3 rings (SSSR count). The van der Waals surface area contributed by atoms with Gasteiger partial charge in [0.05, 0.1) is 33.9 Å². The third kappa shape index (κ3) is 4.16. The highest BCUT2D eigenvalue weighted by Crippen LogP contribution is 2.31. The second-order valence-electron chi connectivity index (χ2n) is 5.05. The van der Waals surface area contributed by atoms with Crippen molar-refractivity contribution in [3.05, 3.63) is 29.0 Å². The number of rotatable bonds is 6. The zero-order valence-corrected chi connectivity index (χ0v) is 12.8. The molecule has 122 valence electrons. The van der Waals surface area contributed by atoms with Crippen LogP contribution >= 0.6 is 11.6 Å². The van der Waals surface area contributed by atoms with E-state index in [1.807, 2.05) is 0 Å². The quantitative estimate of drug-likeness (QED) is 0.800. The zero-order chi connectivity index (χ0) is 17.2. The van der Waals surface area contributed by atoms with Crippen LogP contribution in [0.5, 0.6) is 0 Å². The average Bonchev–Trinajstić information content (AvgIpc) is 3.21. The lowest BCUT2D eigenvalue weighted by atomic mass is 9.89. The minimum absolute atomic E-state index is 0.0248. The van der Waals surface area contributed by atoms with Gasteiger partial charge in [-0.2, -0.15) is 0 Å². The lowest BCUT2D eigenvalue weighted by Gasteiger charge is -2.26. The van der Waals surface area contributed by atoms with Crippen molar-refractivity contribution in [2.45, 2.75) is 37.4 Å². The SMILES string of the molecule is [2H][C@](O)(CC1OCCO1)[C@]([2H])(CC1OCCO1)c1ccc(Cl)nc1. The number of ether oxygens (including phenoxy) is 4. The maximum Gasteiger partial charge on any atom is 0.160 e. The maximum absolute atomic E-state index is 10.8. The topological polar surface area (TPSA) is 70.0 Å². The van der Waals surface area contributed by atoms with Gasteiger partial charge in [-0.3, -0.25) is 0 Å². The smallest absolute Gasteiger partial charge is 0.160 e. The molecule has 2 aliphatic heterocycles. The van der Waals surface area contributed by atoms with Gasteiger partial charge in [-0.15, -0.1) is 0 Å². The number of halogens is 1. The third-order valence-electron chi connectivity index (χ3n) is 3.54. The molecule has 0 radical (unpaired) electrons. The molecule has 0 aromatic carbocycles. The molecule has 0 spiro atoms. The highest BCUT2D eigenvalue weighted by molar-refractivity contribution is 6.29. The van der Waals surface area contributed by atoms with Gasteiger partial charge in [0.2, 0.25) is 0 Å². The van der Waals surface area contributed by atoms with Gasteiger partial charge in [0, 0.05) is 26.3 Å². The lowest BCUT2D eigenvalue weighted by molar-refractivity contribution is -0.0882. The Morgan fingerprint density at radius 2 is 1.73 bits per heavy atom. The highest BCUT2D eigenvalue weighted by Gasteiger charge is 2.31. The summed E-state index contributed by atoms with van der Waals surface area (Å²) in [5.41, 5.74) is 0.349. The van der Waals surface area contributed by atoms with E-state index in [0.29, 0.717) is 32.0 Å². The molecule has 7 heteroatoms. The van der Waals surface area contributed by atoms with E-state index in [-0.39, 0.29) is 18.0 Å². The summed E-state index contributed by atoms with van der Waals surface area (Å²) in [6.45, 7) is 1.65. The fourth-order valence-corrected chi connectivity index (χ4v) is 2.57. The first-order valence-electron chi connectivity index (χ1n) is 8.21. The number of aromatic nitrogens is 1. The normalized spacial score (nSPS) is 27.2. The molecule has 2 atom stereocenters. The summed E-state index contributed by atoms with van der Waals surface area (Å²) in [7, 11) is 0. The van der Waals surface area contributed by atoms with E-state index in [1.54, 1.807) is 6.07 Å². The Kier molecular flexibility index (Phi) is 4.77. The van der Waals surface area contributed by atoms with Gasteiger partial charge in [0.15, 0.2) is 12.6 Å². The summed E-state index contributed by atoms with van der Waals surface area (Å²) < 4.78 is 38.8. The van der Waals surface area contributed by atoms with Crippen LogP contribution in [-0.2, 0) is 18.9 Å². The van der Waals surface area contributed by atoms with Crippen LogP contribution < -0.4 is 0 Å². The van der Waals surface area contributed by atoms with E-state index >= 15 is 0 Å². The number of pyridine rings is 1. The average molecular weight is 332 g/mol. The third-order valence-corrected chi connectivity index (χ3v) is 3.76. The molecule has 1 aromatic rings. The minimum atomic E-state index is -2.20. The molecule has 3 heterocycles. The maximum atomic E-state index is 10.8. The Hall–Kier alpha value is -0.760. The Bertz CT molecular complexity index is 549. The van der Waals surface area contributed by atoms with Crippen molar-refractivity contribution in [1.29, 1.82) is 0 Å². The number of nitrogens with zero attached hydrogens (tertiary/aromatic N) is 1. The summed E-state index contributed by atoms with van der Waals surface area (Å²) in [5, 5.41) is 11.1. The molecule has 0 unspecified atom stereocenters. The van der Waals surface area contributed by atoms with Crippen LogP contribution in [0.15, 0.2) is 18.3 Å². The van der Waals surface area contributed by atoms with Gasteiger partial charge < -0.3 is 24.1 Å². The summed E-state index contributed by atoms with van der Waals surface area (Å²) in [6.07, 6.45) is -2.40. The van der Waals surface area contributed by atoms with Crippen molar-refractivity contribution in [3.8, 4) is 0 Å². The van der Waals surface area contributed by atoms with Gasteiger partial charge in [0.1, 0.15) is 5.15 Å². The summed E-state index contributed by atoms with van der Waals surface area (Å²) >= 11 is 5.81. The predicted octanol–water partition coefficient (Wildman–Crippen LogP) is 1.71. The monoisotopic (exact) mass is 331 g/mol. The van der Waals surface area contributed by atoms with E-state index in [9.17, 15) is 5.11 Å². The fourth-order valence-electron chi connectivity index (χ4n) is 2.45. The van der Waals surface area contributed by atoms with Crippen molar-refractivity contribution < 1.29 is 26.8 Å². The molecule has 1 aromatic heterocycles. The fraction of sp³-hybridized carbons (Fsp3) is 0.667. The van der Waals surface area contributed by atoms with Crippen LogP contribution in [0.2, 0.25) is 5.15 Å². The predicted molar refractivity (Wildman–Crippen MR) is 78.6 cm³/mol. The zero-order valence-electron chi connectivity index (χ0n) is 14.0. The van der Waals surface area contributed by atoms with Crippen LogP contribution in [0.3, 0.4) is 0 Å². The van der Waals surface area contributed by atoms with Crippen molar-refractivity contribution >= 4 is 11.6 Å². The molecule has 0 aliphatic carbocycles. The summed E-state index contributed by atoms with van der Waals surface area (Å²) in [4.78, 5) is 3.97. The highest BCUT2D eigenvalue weighted by atomic mass is 35.5. The first-order valence-corrected chi connectivity index (χ1v) is 7.59. The minimum Gasteiger partial charge on any atom is -0.392 e. The van der Waals surface area contributed by atoms with Crippen molar-refractivity contribution in [1.82, 2.24) is 4.98 Å². The molecule has 2 fully saturated rings. The number of hydrogen-bond donors (Lipinski definition) is 1. The molecule has 22 heavy (non-hydrogen) atoms. The van der Waals surface area contributed by atoms with Crippen molar-refractivity contribution in [2.24, 2.45) is 0 Å². The van der Waals surface area contributed by atoms with Gasteiger partial charge in [-0.05, 0) is 11.6 Å². The van der Waals surface area contributed by atoms with Gasteiger partial charge in [0.25, 0.3) is 0 Å². The molecule has 2 saturated heterocycles. The molecule has 0 amide bonds. The van der Waals surface area contributed by atoms with Gasteiger partial charge in [-0.1, -0.05) is 17.7 Å². The Morgan fingerprint density at radius 1 is 1.14 bits per heavy atom. The Balaban J connectivity index is 1.88. The second-order valence-corrected chi connectivity index (χ2v) is 5.43.